The van der Waals surface area contributed by atoms with Crippen molar-refractivity contribution in [2.45, 2.75) is 56.5 Å². The van der Waals surface area contributed by atoms with Crippen molar-refractivity contribution < 1.29 is 37.8 Å². The Morgan fingerprint density at radius 2 is 2.26 bits per heavy atom. The summed E-state index contributed by atoms with van der Waals surface area (Å²) in [6.07, 6.45) is -0.120. The Morgan fingerprint density at radius 1 is 1.57 bits per heavy atom. The maximum absolute atomic E-state index is 12.8. The molecule has 0 aliphatic carbocycles. The van der Waals surface area contributed by atoms with Crippen LogP contribution in [0.25, 0.3) is 0 Å². The molecule has 1 fully saturated rings. The second kappa shape index (κ2) is 6.49. The maximum Gasteiger partial charge on any atom is 0.344 e. The molecule has 2 rings (SSSR count). The Bertz CT molecular complexity index is 651. The maximum atomic E-state index is 12.8. The SMILES string of the molecule is [2H]C([2H])([2H])C(O)(C([2H])([2H])[2H])[C@@](O)(C(=O)OCC1=CCN2CC[C@H](O)[C@@H]12)[C@H](C)OC. The first-order valence-electron chi connectivity index (χ1n) is 10.4. The summed E-state index contributed by atoms with van der Waals surface area (Å²) in [6.45, 7) is -5.52. The summed E-state index contributed by atoms with van der Waals surface area (Å²) in [5.74, 6) is -1.64. The number of aliphatic hydroxyl groups excluding tert-OH is 1. The van der Waals surface area contributed by atoms with E-state index in [2.05, 4.69) is 0 Å². The number of rotatable bonds is 6. The van der Waals surface area contributed by atoms with E-state index in [9.17, 15) is 20.1 Å². The molecule has 7 heteroatoms. The number of nitrogens with zero attached hydrogens (tertiary/aromatic N) is 1. The molecule has 0 aromatic carbocycles. The number of hydrogen-bond donors (Lipinski definition) is 3. The van der Waals surface area contributed by atoms with Gasteiger partial charge in [0.1, 0.15) is 12.2 Å². The third-order valence-electron chi connectivity index (χ3n) is 4.61. The monoisotopic (exact) mass is 335 g/mol. The zero-order chi connectivity index (χ0) is 22.4. The minimum absolute atomic E-state index is 0.375. The summed E-state index contributed by atoms with van der Waals surface area (Å²) >= 11 is 0. The number of esters is 1. The van der Waals surface area contributed by atoms with Gasteiger partial charge in [0.15, 0.2) is 0 Å². The molecule has 2 heterocycles. The third-order valence-corrected chi connectivity index (χ3v) is 4.61. The van der Waals surface area contributed by atoms with Gasteiger partial charge in [0.25, 0.3) is 0 Å². The highest BCUT2D eigenvalue weighted by Crippen LogP contribution is 2.31. The Hall–Kier alpha value is -0.990. The van der Waals surface area contributed by atoms with Gasteiger partial charge >= 0.3 is 5.97 Å². The fourth-order valence-corrected chi connectivity index (χ4v) is 3.06. The van der Waals surface area contributed by atoms with Gasteiger partial charge in [-0.15, -0.1) is 0 Å². The topological polar surface area (TPSA) is 99.5 Å². The van der Waals surface area contributed by atoms with Crippen molar-refractivity contribution in [3.05, 3.63) is 11.6 Å². The third kappa shape index (κ3) is 3.16. The van der Waals surface area contributed by atoms with Gasteiger partial charge in [0.05, 0.1) is 18.2 Å². The van der Waals surface area contributed by atoms with E-state index in [0.717, 1.165) is 14.0 Å². The van der Waals surface area contributed by atoms with Crippen LogP contribution in [0.5, 0.6) is 0 Å². The number of methoxy groups -OCH3 is 1. The van der Waals surface area contributed by atoms with Crippen molar-refractivity contribution >= 4 is 5.97 Å². The minimum Gasteiger partial charge on any atom is -0.459 e. The lowest BCUT2D eigenvalue weighted by atomic mass is 9.81. The number of carbonyl (C=O) groups is 1. The Morgan fingerprint density at radius 3 is 2.87 bits per heavy atom. The second-order valence-corrected chi connectivity index (χ2v) is 6.01. The normalized spacial score (nSPS) is 33.9. The Balaban J connectivity index is 2.35. The summed E-state index contributed by atoms with van der Waals surface area (Å²) in [6, 6.07) is -0.375. The zero-order valence-electron chi connectivity index (χ0n) is 19.2. The molecule has 0 bridgehead atoms. The number of aliphatic hydroxyl groups is 3. The number of ether oxygens (including phenoxy) is 2. The van der Waals surface area contributed by atoms with Crippen molar-refractivity contribution in [3.8, 4) is 0 Å². The van der Waals surface area contributed by atoms with E-state index >= 15 is 0 Å². The molecule has 23 heavy (non-hydrogen) atoms. The quantitative estimate of drug-likeness (QED) is 0.442. The van der Waals surface area contributed by atoms with Gasteiger partial charge in [-0.1, -0.05) is 6.08 Å². The molecular weight excluding hydrogens is 302 g/mol. The molecule has 0 spiro atoms. The molecule has 0 unspecified atom stereocenters. The first-order chi connectivity index (χ1) is 13.1. The van der Waals surface area contributed by atoms with Crippen LogP contribution in [0.3, 0.4) is 0 Å². The van der Waals surface area contributed by atoms with Crippen LogP contribution in [0.2, 0.25) is 0 Å². The summed E-state index contributed by atoms with van der Waals surface area (Å²) in [7, 11) is 1.02. The van der Waals surface area contributed by atoms with Crippen LogP contribution in [0.1, 0.15) is 35.3 Å². The van der Waals surface area contributed by atoms with Crippen LogP contribution >= 0.6 is 0 Å². The van der Waals surface area contributed by atoms with Crippen molar-refractivity contribution in [1.29, 1.82) is 0 Å². The lowest BCUT2D eigenvalue weighted by Gasteiger charge is -2.40. The molecular formula is C16H27NO6. The van der Waals surface area contributed by atoms with E-state index in [0.29, 0.717) is 25.1 Å². The van der Waals surface area contributed by atoms with Gasteiger partial charge in [-0.3, -0.25) is 4.90 Å². The van der Waals surface area contributed by atoms with Gasteiger partial charge in [-0.25, -0.2) is 4.79 Å². The minimum atomic E-state index is -3.86. The summed E-state index contributed by atoms with van der Waals surface area (Å²) in [5.41, 5.74) is -6.74. The summed E-state index contributed by atoms with van der Waals surface area (Å²) < 4.78 is 55.1. The summed E-state index contributed by atoms with van der Waals surface area (Å²) in [4.78, 5) is 14.8. The predicted molar refractivity (Wildman–Crippen MR) is 82.7 cm³/mol. The van der Waals surface area contributed by atoms with Gasteiger partial charge in [-0.2, -0.15) is 0 Å². The smallest absolute Gasteiger partial charge is 0.344 e. The van der Waals surface area contributed by atoms with Gasteiger partial charge in [-0.05, 0) is 32.6 Å². The first kappa shape index (κ1) is 11.5. The van der Waals surface area contributed by atoms with Crippen molar-refractivity contribution in [2.24, 2.45) is 0 Å². The molecule has 2 aliphatic rings. The number of carbonyl (C=O) groups excluding carboxylic acids is 1. The summed E-state index contributed by atoms with van der Waals surface area (Å²) in [5, 5.41) is 31.8. The van der Waals surface area contributed by atoms with Crippen LogP contribution < -0.4 is 0 Å². The van der Waals surface area contributed by atoms with E-state index in [4.69, 9.17) is 17.7 Å². The highest BCUT2D eigenvalue weighted by Gasteiger charge is 2.55. The average molecular weight is 335 g/mol. The van der Waals surface area contributed by atoms with Crippen LogP contribution in [0, 0.1) is 0 Å². The fraction of sp³-hybridized carbons (Fsp3) is 0.812. The number of hydrogen-bond acceptors (Lipinski definition) is 7. The van der Waals surface area contributed by atoms with E-state index in [1.807, 2.05) is 4.90 Å². The van der Waals surface area contributed by atoms with E-state index in [1.165, 1.54) is 0 Å². The van der Waals surface area contributed by atoms with Crippen LogP contribution in [-0.2, 0) is 14.3 Å². The molecule has 0 radical (unpaired) electrons. The van der Waals surface area contributed by atoms with Crippen molar-refractivity contribution in [2.75, 3.05) is 26.8 Å². The van der Waals surface area contributed by atoms with Gasteiger partial charge < -0.3 is 24.8 Å². The van der Waals surface area contributed by atoms with Crippen LogP contribution in [0.4, 0.5) is 0 Å². The van der Waals surface area contributed by atoms with E-state index < -0.39 is 49.7 Å². The van der Waals surface area contributed by atoms with Gasteiger partial charge in [0.2, 0.25) is 5.60 Å². The molecule has 132 valence electrons. The molecule has 2 aliphatic heterocycles. The molecule has 4 atom stereocenters. The highest BCUT2D eigenvalue weighted by molar-refractivity contribution is 5.82. The molecule has 0 aromatic rings. The zero-order valence-corrected chi connectivity index (χ0v) is 13.2. The van der Waals surface area contributed by atoms with E-state index in [1.54, 1.807) is 6.08 Å². The lowest BCUT2D eigenvalue weighted by molar-refractivity contribution is -0.216. The molecule has 7 nitrogen and oxygen atoms in total. The van der Waals surface area contributed by atoms with E-state index in [-0.39, 0.29) is 6.04 Å². The lowest BCUT2D eigenvalue weighted by Crippen LogP contribution is -2.63. The van der Waals surface area contributed by atoms with Crippen LogP contribution in [-0.4, -0.2) is 82.4 Å². The molecule has 0 amide bonds. The predicted octanol–water partition coefficient (Wildman–Crippen LogP) is -0.558. The highest BCUT2D eigenvalue weighted by atomic mass is 16.6. The largest absolute Gasteiger partial charge is 0.459 e. The molecule has 1 saturated heterocycles. The molecule has 3 N–H and O–H groups in total. The Kier molecular flexibility index (Phi) is 3.26. The van der Waals surface area contributed by atoms with Crippen LogP contribution in [0.15, 0.2) is 11.6 Å². The van der Waals surface area contributed by atoms with Gasteiger partial charge in [0, 0.05) is 28.4 Å². The fourth-order valence-electron chi connectivity index (χ4n) is 3.06. The molecule has 0 saturated carbocycles. The average Bonchev–Trinajstić information content (AvgIpc) is 3.18. The van der Waals surface area contributed by atoms with Crippen molar-refractivity contribution in [1.82, 2.24) is 4.90 Å². The molecule has 0 aromatic heterocycles. The first-order valence-corrected chi connectivity index (χ1v) is 7.38. The second-order valence-electron chi connectivity index (χ2n) is 6.01. The standard InChI is InChI=1S/C16H27NO6/c1-10(22-4)16(21,15(2,3)20)14(19)23-9-11-5-7-17-8-6-12(18)13(11)17/h5,10,12-13,18,20-21H,6-9H2,1-4H3/t10-,12-,13+,16-/m0/s1/i2D3,3D3. The number of fused-ring (bicyclic) bond motifs is 1. The van der Waals surface area contributed by atoms with Crippen molar-refractivity contribution in [3.63, 3.8) is 0 Å². The Labute approximate surface area is 144 Å².